The van der Waals surface area contributed by atoms with Crippen molar-refractivity contribution < 1.29 is 37.7 Å². The van der Waals surface area contributed by atoms with Crippen LogP contribution in [0.25, 0.3) is 6.08 Å². The Kier molecular flexibility index (Phi) is 5.75. The topological polar surface area (TPSA) is 82.5 Å². The van der Waals surface area contributed by atoms with Gasteiger partial charge in [-0.25, -0.2) is 0 Å². The molecule has 1 saturated carbocycles. The molecule has 2 aromatic carbocycles. The number of phenols is 1. The first-order valence-corrected chi connectivity index (χ1v) is 13.1. The summed E-state index contributed by atoms with van der Waals surface area (Å²) in [4.78, 5) is 17.2. The summed E-state index contributed by atoms with van der Waals surface area (Å²) in [7, 11) is 3.71. The second kappa shape index (κ2) is 8.63. The Morgan fingerprint density at radius 1 is 1.28 bits per heavy atom. The molecule has 0 aromatic heterocycles. The van der Waals surface area contributed by atoms with E-state index in [1.54, 1.807) is 24.1 Å². The van der Waals surface area contributed by atoms with Crippen LogP contribution in [-0.4, -0.2) is 76.7 Å². The molecule has 4 aliphatic rings. The number of carbonyl (C=O) groups excluding carboxylic acids is 1. The quantitative estimate of drug-likeness (QED) is 0.569. The van der Waals surface area contributed by atoms with Crippen LogP contribution in [0, 0.1) is 5.92 Å². The fourth-order valence-electron chi connectivity index (χ4n) is 7.83. The maximum atomic E-state index is 13.4. The van der Waals surface area contributed by atoms with E-state index in [4.69, 9.17) is 4.74 Å². The molecule has 2 heterocycles. The van der Waals surface area contributed by atoms with Crippen molar-refractivity contribution in [2.24, 2.45) is 5.92 Å². The van der Waals surface area contributed by atoms with Crippen LogP contribution in [0.15, 0.2) is 42.5 Å². The van der Waals surface area contributed by atoms with E-state index in [0.717, 1.165) is 17.7 Å². The molecule has 2 bridgehead atoms. The number of alkyl halides is 3. The lowest BCUT2D eigenvalue weighted by atomic mass is 9.47. The van der Waals surface area contributed by atoms with Gasteiger partial charge in [-0.1, -0.05) is 25.1 Å². The number of hydrogen-bond donors (Lipinski definition) is 2. The van der Waals surface area contributed by atoms with E-state index in [1.807, 2.05) is 20.0 Å². The van der Waals surface area contributed by atoms with E-state index in [0.29, 0.717) is 30.6 Å². The Morgan fingerprint density at radius 2 is 2.05 bits per heavy atom. The number of aromatic hydroxyl groups is 1. The van der Waals surface area contributed by atoms with Crippen molar-refractivity contribution >= 4 is 12.0 Å². The lowest BCUT2D eigenvalue weighted by Crippen LogP contribution is -2.79. The van der Waals surface area contributed by atoms with Crippen molar-refractivity contribution in [1.29, 1.82) is 0 Å². The summed E-state index contributed by atoms with van der Waals surface area (Å²) < 4.78 is 48.3. The van der Waals surface area contributed by atoms with Gasteiger partial charge in [0.25, 0.3) is 0 Å². The largest absolute Gasteiger partial charge is 0.573 e. The van der Waals surface area contributed by atoms with E-state index in [9.17, 15) is 28.2 Å². The molecule has 1 amide bonds. The molecule has 6 rings (SSSR count). The third kappa shape index (κ3) is 3.75. The van der Waals surface area contributed by atoms with Crippen LogP contribution in [0.4, 0.5) is 13.2 Å². The number of ether oxygens (including phenoxy) is 2. The highest BCUT2D eigenvalue weighted by molar-refractivity contribution is 5.92. The third-order valence-electron chi connectivity index (χ3n) is 9.36. The molecular weight excluding hydrogens is 513 g/mol. The lowest BCUT2D eigenvalue weighted by Gasteiger charge is -2.65. The molecule has 0 unspecified atom stereocenters. The number of benzene rings is 2. The molecular formula is C29H31F3N2O5. The number of likely N-dealkylation sites (N-methyl/N-ethyl adjacent to an activating group) is 2. The molecule has 1 saturated heterocycles. The predicted octanol–water partition coefficient (Wildman–Crippen LogP) is 3.86. The second-order valence-corrected chi connectivity index (χ2v) is 11.4. The molecule has 10 heteroatoms. The first-order valence-electron chi connectivity index (χ1n) is 13.1. The molecule has 2 aliphatic heterocycles. The van der Waals surface area contributed by atoms with Gasteiger partial charge in [-0.05, 0) is 74.2 Å². The fraction of sp³-hybridized carbons (Fsp3) is 0.483. The van der Waals surface area contributed by atoms with Gasteiger partial charge in [0, 0.05) is 24.7 Å². The zero-order valence-electron chi connectivity index (χ0n) is 21.9. The second-order valence-electron chi connectivity index (χ2n) is 11.4. The van der Waals surface area contributed by atoms with Crippen molar-refractivity contribution in [2.75, 3.05) is 20.6 Å². The van der Waals surface area contributed by atoms with Crippen molar-refractivity contribution in [1.82, 2.24) is 9.80 Å². The van der Waals surface area contributed by atoms with Crippen molar-refractivity contribution in [2.45, 2.75) is 61.8 Å². The maximum Gasteiger partial charge on any atom is 0.573 e. The van der Waals surface area contributed by atoms with E-state index in [2.05, 4.69) is 9.64 Å². The minimum atomic E-state index is -4.81. The zero-order chi connectivity index (χ0) is 27.9. The standard InChI is InChI=1S/C29H31F3N2O5/c1-16-15-28(37)21-14-18-8-9-20(35)25-23(18)27(28,11-12-33(21)2)26(38-25)24(16)34(3)22(36)10-7-17-5-4-6-19(13-17)39-29(30,31)32/h4-10,13,16,21,24,26,35,37H,11-12,14-15H2,1-3H3/t16-,21-,24+,26+,27+,28-/m1/s1. The lowest BCUT2D eigenvalue weighted by molar-refractivity contribution is -0.274. The molecule has 2 fully saturated rings. The molecule has 0 radical (unpaired) electrons. The number of piperidine rings is 1. The number of nitrogens with zero attached hydrogens (tertiary/aromatic N) is 2. The van der Waals surface area contributed by atoms with E-state index in [1.165, 1.54) is 30.4 Å². The normalized spacial score (nSPS) is 33.0. The first kappa shape index (κ1) is 26.0. The van der Waals surface area contributed by atoms with Gasteiger partial charge in [-0.15, -0.1) is 13.2 Å². The molecule has 1 spiro atoms. The van der Waals surface area contributed by atoms with Gasteiger partial charge < -0.3 is 29.5 Å². The summed E-state index contributed by atoms with van der Waals surface area (Å²) in [6.45, 7) is 2.74. The first-order chi connectivity index (χ1) is 18.4. The van der Waals surface area contributed by atoms with Crippen LogP contribution in [0.5, 0.6) is 17.2 Å². The van der Waals surface area contributed by atoms with E-state index >= 15 is 0 Å². The summed E-state index contributed by atoms with van der Waals surface area (Å²) in [5, 5.41) is 23.2. The van der Waals surface area contributed by atoms with Gasteiger partial charge in [-0.3, -0.25) is 4.79 Å². The number of phenolic OH excluding ortho intramolecular Hbond substituents is 1. The molecule has 6 atom stereocenters. The monoisotopic (exact) mass is 544 g/mol. The summed E-state index contributed by atoms with van der Waals surface area (Å²) in [5.74, 6) is -0.424. The Hall–Kier alpha value is -3.24. The summed E-state index contributed by atoms with van der Waals surface area (Å²) >= 11 is 0. The highest BCUT2D eigenvalue weighted by Gasteiger charge is 2.74. The van der Waals surface area contributed by atoms with E-state index < -0.39 is 29.5 Å². The van der Waals surface area contributed by atoms with Gasteiger partial charge in [0.05, 0.1) is 17.1 Å². The van der Waals surface area contributed by atoms with Crippen molar-refractivity contribution in [3.8, 4) is 17.2 Å². The average Bonchev–Trinajstić information content (AvgIpc) is 3.20. The Bertz CT molecular complexity index is 1360. The van der Waals surface area contributed by atoms with Gasteiger partial charge in [-0.2, -0.15) is 0 Å². The van der Waals surface area contributed by atoms with Gasteiger partial charge in [0.1, 0.15) is 11.9 Å². The Morgan fingerprint density at radius 3 is 2.79 bits per heavy atom. The molecule has 2 N–H and O–H groups in total. The zero-order valence-corrected chi connectivity index (χ0v) is 21.9. The molecule has 7 nitrogen and oxygen atoms in total. The number of amides is 1. The van der Waals surface area contributed by atoms with Gasteiger partial charge >= 0.3 is 6.36 Å². The number of rotatable bonds is 4. The van der Waals surface area contributed by atoms with Gasteiger partial charge in [0.2, 0.25) is 5.91 Å². The summed E-state index contributed by atoms with van der Waals surface area (Å²) in [6.07, 6.45) is -0.881. The predicted molar refractivity (Wildman–Crippen MR) is 136 cm³/mol. The number of halogens is 3. The molecule has 208 valence electrons. The molecule has 2 aromatic rings. The number of likely N-dealkylation sites (tertiary alicyclic amines) is 1. The molecule has 2 aliphatic carbocycles. The Labute approximate surface area is 224 Å². The van der Waals surface area contributed by atoms with E-state index in [-0.39, 0.29) is 29.4 Å². The summed E-state index contributed by atoms with van der Waals surface area (Å²) in [6, 6.07) is 8.42. The Balaban J connectivity index is 1.33. The van der Waals surface area contributed by atoms with Crippen LogP contribution in [0.1, 0.15) is 36.5 Å². The maximum absolute atomic E-state index is 13.4. The fourth-order valence-corrected chi connectivity index (χ4v) is 7.83. The average molecular weight is 545 g/mol. The number of carbonyl (C=O) groups is 1. The number of aliphatic hydroxyl groups is 1. The van der Waals surface area contributed by atoms with Crippen LogP contribution in [0.3, 0.4) is 0 Å². The van der Waals surface area contributed by atoms with Crippen LogP contribution >= 0.6 is 0 Å². The summed E-state index contributed by atoms with van der Waals surface area (Å²) in [5.41, 5.74) is 0.437. The van der Waals surface area contributed by atoms with Crippen LogP contribution < -0.4 is 9.47 Å². The third-order valence-corrected chi connectivity index (χ3v) is 9.36. The SMILES string of the molecule is C[C@@H]1C[C@@]2(O)[C@H]3Cc4ccc(O)c5c4[C@@]2(CCN3C)[C@@H](O5)[C@H]1N(C)C(=O)C=Cc1cccc(OC(F)(F)F)c1. The van der Waals surface area contributed by atoms with Gasteiger partial charge in [0.15, 0.2) is 11.5 Å². The van der Waals surface area contributed by atoms with Crippen molar-refractivity contribution in [3.63, 3.8) is 0 Å². The van der Waals surface area contributed by atoms with Crippen LogP contribution in [-0.2, 0) is 16.6 Å². The van der Waals surface area contributed by atoms with Crippen LogP contribution in [0.2, 0.25) is 0 Å². The minimum Gasteiger partial charge on any atom is -0.504 e. The molecule has 39 heavy (non-hydrogen) atoms. The highest BCUT2D eigenvalue weighted by atomic mass is 19.4. The highest BCUT2D eigenvalue weighted by Crippen LogP contribution is 2.66. The van der Waals surface area contributed by atoms with Crippen molar-refractivity contribution in [3.05, 3.63) is 59.2 Å². The number of hydrogen-bond acceptors (Lipinski definition) is 6. The smallest absolute Gasteiger partial charge is 0.504 e. The minimum absolute atomic E-state index is 0.0264.